The Labute approximate surface area is 98.2 Å². The number of halogens is 1. The normalized spacial score (nSPS) is 12.4. The van der Waals surface area contributed by atoms with E-state index < -0.39 is 0 Å². The molecule has 1 aromatic heterocycles. The first kappa shape index (κ1) is 11.0. The van der Waals surface area contributed by atoms with Crippen molar-refractivity contribution >= 4 is 11.6 Å². The average molecular weight is 239 g/mol. The molecule has 0 saturated carbocycles. The van der Waals surface area contributed by atoms with Crippen LogP contribution in [-0.4, -0.2) is 10.1 Å². The number of benzene rings is 1. The number of nitrogens with zero attached hydrogens (tertiary/aromatic N) is 2. The second-order valence-corrected chi connectivity index (χ2v) is 3.92. The van der Waals surface area contributed by atoms with Crippen LogP contribution in [0.1, 0.15) is 24.0 Å². The standard InChI is InChI=1S/C11H11ClN2O2/c1-8(12)11-13-10(16-14-11)7-15-9-5-3-2-4-6-9/h2-6,8H,7H2,1H3. The average Bonchev–Trinajstić information content (AvgIpc) is 2.76. The maximum atomic E-state index is 5.81. The van der Waals surface area contributed by atoms with Gasteiger partial charge in [-0.1, -0.05) is 23.4 Å². The van der Waals surface area contributed by atoms with Gasteiger partial charge in [0, 0.05) is 0 Å². The first-order valence-corrected chi connectivity index (χ1v) is 5.34. The minimum absolute atomic E-state index is 0.251. The summed E-state index contributed by atoms with van der Waals surface area (Å²) in [6, 6.07) is 9.45. The van der Waals surface area contributed by atoms with Crippen molar-refractivity contribution in [3.63, 3.8) is 0 Å². The van der Waals surface area contributed by atoms with Crippen LogP contribution in [0.2, 0.25) is 0 Å². The van der Waals surface area contributed by atoms with Gasteiger partial charge in [-0.15, -0.1) is 11.6 Å². The van der Waals surface area contributed by atoms with Crippen LogP contribution in [0.15, 0.2) is 34.9 Å². The number of hydrogen-bond acceptors (Lipinski definition) is 4. The fourth-order valence-electron chi connectivity index (χ4n) is 1.15. The van der Waals surface area contributed by atoms with Crippen LogP contribution in [0.25, 0.3) is 0 Å². The first-order valence-electron chi connectivity index (χ1n) is 4.90. The Bertz CT molecular complexity index is 442. The zero-order valence-corrected chi connectivity index (χ0v) is 9.52. The van der Waals surface area contributed by atoms with Crippen LogP contribution in [0.5, 0.6) is 5.75 Å². The molecule has 0 radical (unpaired) electrons. The lowest BCUT2D eigenvalue weighted by molar-refractivity contribution is 0.242. The van der Waals surface area contributed by atoms with Gasteiger partial charge in [0.05, 0.1) is 5.38 Å². The summed E-state index contributed by atoms with van der Waals surface area (Å²) >= 11 is 5.81. The summed E-state index contributed by atoms with van der Waals surface area (Å²) in [6.07, 6.45) is 0. The van der Waals surface area contributed by atoms with Gasteiger partial charge < -0.3 is 9.26 Å². The van der Waals surface area contributed by atoms with Gasteiger partial charge in [0.1, 0.15) is 5.75 Å². The molecule has 0 saturated heterocycles. The molecular weight excluding hydrogens is 228 g/mol. The summed E-state index contributed by atoms with van der Waals surface area (Å²) in [5.41, 5.74) is 0. The largest absolute Gasteiger partial charge is 0.484 e. The van der Waals surface area contributed by atoms with Gasteiger partial charge in [0.15, 0.2) is 12.4 Å². The highest BCUT2D eigenvalue weighted by Crippen LogP contribution is 2.16. The minimum atomic E-state index is -0.255. The van der Waals surface area contributed by atoms with Gasteiger partial charge in [-0.3, -0.25) is 0 Å². The molecule has 1 atom stereocenters. The highest BCUT2D eigenvalue weighted by Gasteiger charge is 2.11. The quantitative estimate of drug-likeness (QED) is 0.769. The fraction of sp³-hybridized carbons (Fsp3) is 0.273. The molecule has 1 heterocycles. The molecule has 0 amide bonds. The number of aromatic nitrogens is 2. The third-order valence-corrected chi connectivity index (χ3v) is 2.14. The molecule has 0 aliphatic rings. The van der Waals surface area contributed by atoms with E-state index in [1.165, 1.54) is 0 Å². The molecule has 0 aliphatic heterocycles. The van der Waals surface area contributed by atoms with E-state index in [1.54, 1.807) is 6.92 Å². The van der Waals surface area contributed by atoms with E-state index in [0.717, 1.165) is 5.75 Å². The Morgan fingerprint density at radius 2 is 2.12 bits per heavy atom. The van der Waals surface area contributed by atoms with E-state index in [0.29, 0.717) is 11.7 Å². The lowest BCUT2D eigenvalue weighted by Gasteiger charge is -2.01. The minimum Gasteiger partial charge on any atom is -0.484 e. The molecule has 84 valence electrons. The summed E-state index contributed by atoms with van der Waals surface area (Å²) in [5, 5.41) is 3.47. The first-order chi connectivity index (χ1) is 7.75. The Morgan fingerprint density at radius 3 is 2.75 bits per heavy atom. The van der Waals surface area contributed by atoms with Crippen LogP contribution < -0.4 is 4.74 Å². The van der Waals surface area contributed by atoms with E-state index in [-0.39, 0.29) is 12.0 Å². The topological polar surface area (TPSA) is 48.2 Å². The number of hydrogen-bond donors (Lipinski definition) is 0. The highest BCUT2D eigenvalue weighted by atomic mass is 35.5. The van der Waals surface area contributed by atoms with Gasteiger partial charge in [0.2, 0.25) is 0 Å². The van der Waals surface area contributed by atoms with Crippen molar-refractivity contribution in [1.82, 2.24) is 10.1 Å². The zero-order chi connectivity index (χ0) is 11.4. The van der Waals surface area contributed by atoms with Crippen molar-refractivity contribution in [3.8, 4) is 5.75 Å². The van der Waals surface area contributed by atoms with E-state index in [9.17, 15) is 0 Å². The molecule has 0 bridgehead atoms. The highest BCUT2D eigenvalue weighted by molar-refractivity contribution is 6.20. The van der Waals surface area contributed by atoms with Crippen molar-refractivity contribution in [1.29, 1.82) is 0 Å². The van der Waals surface area contributed by atoms with Crippen molar-refractivity contribution < 1.29 is 9.26 Å². The number of alkyl halides is 1. The zero-order valence-electron chi connectivity index (χ0n) is 8.76. The van der Waals surface area contributed by atoms with Crippen molar-refractivity contribution in [3.05, 3.63) is 42.0 Å². The summed E-state index contributed by atoms with van der Waals surface area (Å²) in [5.74, 6) is 1.67. The molecule has 0 spiro atoms. The van der Waals surface area contributed by atoms with E-state index >= 15 is 0 Å². The van der Waals surface area contributed by atoms with E-state index in [4.69, 9.17) is 20.9 Å². The second kappa shape index (κ2) is 4.99. The maximum Gasteiger partial charge on any atom is 0.264 e. The Balaban J connectivity index is 1.95. The molecule has 2 rings (SSSR count). The van der Waals surface area contributed by atoms with Gasteiger partial charge in [-0.2, -0.15) is 4.98 Å². The summed E-state index contributed by atoms with van der Waals surface area (Å²) in [7, 11) is 0. The molecule has 2 aromatic rings. The van der Waals surface area contributed by atoms with Crippen molar-refractivity contribution in [2.24, 2.45) is 0 Å². The lowest BCUT2D eigenvalue weighted by Crippen LogP contribution is -1.96. The molecule has 0 aliphatic carbocycles. The fourth-order valence-corrected chi connectivity index (χ4v) is 1.24. The van der Waals surface area contributed by atoms with Crippen LogP contribution >= 0.6 is 11.6 Å². The molecule has 0 N–H and O–H groups in total. The van der Waals surface area contributed by atoms with Crippen LogP contribution in [0.4, 0.5) is 0 Å². The van der Waals surface area contributed by atoms with Gasteiger partial charge in [-0.05, 0) is 19.1 Å². The number of rotatable bonds is 4. The molecule has 0 fully saturated rings. The van der Waals surface area contributed by atoms with Crippen LogP contribution in [-0.2, 0) is 6.61 Å². The van der Waals surface area contributed by atoms with E-state index in [1.807, 2.05) is 30.3 Å². The molecule has 4 nitrogen and oxygen atoms in total. The third kappa shape index (κ3) is 2.73. The lowest BCUT2D eigenvalue weighted by atomic mass is 10.3. The van der Waals surface area contributed by atoms with E-state index in [2.05, 4.69) is 10.1 Å². The molecule has 1 unspecified atom stereocenters. The summed E-state index contributed by atoms with van der Waals surface area (Å²) in [4.78, 5) is 4.09. The smallest absolute Gasteiger partial charge is 0.264 e. The molecule has 5 heteroatoms. The maximum absolute atomic E-state index is 5.81. The summed E-state index contributed by atoms with van der Waals surface area (Å²) < 4.78 is 10.4. The Kier molecular flexibility index (Phi) is 3.41. The molecule has 16 heavy (non-hydrogen) atoms. The second-order valence-electron chi connectivity index (χ2n) is 3.26. The van der Waals surface area contributed by atoms with Gasteiger partial charge >= 0.3 is 0 Å². The van der Waals surface area contributed by atoms with Crippen molar-refractivity contribution in [2.75, 3.05) is 0 Å². The SMILES string of the molecule is CC(Cl)c1noc(COc2ccccc2)n1. The molecular formula is C11H11ClN2O2. The third-order valence-electron chi connectivity index (χ3n) is 1.95. The monoisotopic (exact) mass is 238 g/mol. The predicted molar refractivity (Wildman–Crippen MR) is 59.3 cm³/mol. The van der Waals surface area contributed by atoms with Gasteiger partial charge in [0.25, 0.3) is 5.89 Å². The summed E-state index contributed by atoms with van der Waals surface area (Å²) in [6.45, 7) is 2.04. The van der Waals surface area contributed by atoms with Gasteiger partial charge in [-0.25, -0.2) is 0 Å². The number of para-hydroxylation sites is 1. The van der Waals surface area contributed by atoms with Crippen LogP contribution in [0, 0.1) is 0 Å². The Morgan fingerprint density at radius 1 is 1.38 bits per heavy atom. The van der Waals surface area contributed by atoms with Crippen molar-refractivity contribution in [2.45, 2.75) is 18.9 Å². The molecule has 1 aromatic carbocycles. The van der Waals surface area contributed by atoms with Crippen LogP contribution in [0.3, 0.4) is 0 Å². The number of ether oxygens (including phenoxy) is 1. The predicted octanol–water partition coefficient (Wildman–Crippen LogP) is 2.95. The Hall–Kier alpha value is -1.55.